The van der Waals surface area contributed by atoms with Crippen LogP contribution in [0.4, 0.5) is 4.79 Å². The lowest BCUT2D eigenvalue weighted by Crippen LogP contribution is -2.43. The molecule has 0 saturated heterocycles. The van der Waals surface area contributed by atoms with Crippen LogP contribution in [0, 0.1) is 0 Å². The van der Waals surface area contributed by atoms with Crippen molar-refractivity contribution in [3.8, 4) is 11.5 Å². The first-order valence-corrected chi connectivity index (χ1v) is 7.07. The molecule has 0 radical (unpaired) electrons. The maximum atomic E-state index is 12.1. The van der Waals surface area contributed by atoms with E-state index in [1.165, 1.54) is 33.3 Å². The minimum atomic E-state index is -1.24. The van der Waals surface area contributed by atoms with E-state index in [-0.39, 0.29) is 5.56 Å². The molecule has 0 aliphatic heterocycles. The van der Waals surface area contributed by atoms with Gasteiger partial charge in [0.05, 0.1) is 14.2 Å². The molecule has 0 unspecified atom stereocenters. The molecule has 0 spiro atoms. The summed E-state index contributed by atoms with van der Waals surface area (Å²) in [5.74, 6) is -1.49. The van der Waals surface area contributed by atoms with Crippen LogP contribution in [0.15, 0.2) is 18.2 Å². The van der Waals surface area contributed by atoms with Gasteiger partial charge in [-0.25, -0.2) is 4.79 Å². The molecule has 1 rings (SSSR count). The number of nitrogens with one attached hydrogen (secondary N) is 2. The molecule has 25 heavy (non-hydrogen) atoms. The number of hydrogen-bond acceptors (Lipinski definition) is 7. The molecule has 0 aliphatic carbocycles. The molecule has 0 saturated carbocycles. The van der Waals surface area contributed by atoms with Crippen LogP contribution < -0.4 is 25.8 Å². The molecule has 10 heteroatoms. The van der Waals surface area contributed by atoms with E-state index >= 15 is 0 Å². The first-order chi connectivity index (χ1) is 11.8. The standard InChI is InChI=1S/C15H19N3O7/c1-8(13(20)18-15(16)22)25-12(19)7-17-14(21)9-4-10(23-2)6-11(5-9)24-3/h4-6,8H,7H2,1-3H3,(H,17,21)(H3,16,18,20,22)/t8-/m1/s1. The van der Waals surface area contributed by atoms with Crippen molar-refractivity contribution in [3.05, 3.63) is 23.8 Å². The number of primary amides is 1. The van der Waals surface area contributed by atoms with Gasteiger partial charge in [0, 0.05) is 11.6 Å². The first-order valence-electron chi connectivity index (χ1n) is 7.07. The van der Waals surface area contributed by atoms with Crippen molar-refractivity contribution in [2.45, 2.75) is 13.0 Å². The van der Waals surface area contributed by atoms with Crippen molar-refractivity contribution < 1.29 is 33.4 Å². The first kappa shape index (κ1) is 19.7. The molecule has 1 aromatic carbocycles. The van der Waals surface area contributed by atoms with Gasteiger partial charge in [-0.15, -0.1) is 0 Å². The van der Waals surface area contributed by atoms with Gasteiger partial charge >= 0.3 is 12.0 Å². The minimum Gasteiger partial charge on any atom is -0.497 e. The topological polar surface area (TPSA) is 146 Å². The number of nitrogens with two attached hydrogens (primary N) is 1. The lowest BCUT2D eigenvalue weighted by molar-refractivity contribution is -0.153. The van der Waals surface area contributed by atoms with Crippen LogP contribution in [-0.2, 0) is 14.3 Å². The van der Waals surface area contributed by atoms with E-state index in [4.69, 9.17) is 19.9 Å². The van der Waals surface area contributed by atoms with Crippen LogP contribution in [-0.4, -0.2) is 50.7 Å². The van der Waals surface area contributed by atoms with E-state index in [2.05, 4.69) is 5.32 Å². The monoisotopic (exact) mass is 353 g/mol. The summed E-state index contributed by atoms with van der Waals surface area (Å²) >= 11 is 0. The summed E-state index contributed by atoms with van der Waals surface area (Å²) in [6.45, 7) is 0.775. The number of rotatable bonds is 7. The highest BCUT2D eigenvalue weighted by atomic mass is 16.5. The Kier molecular flexibility index (Phi) is 7.19. The Hall–Kier alpha value is -3.30. The summed E-state index contributed by atoms with van der Waals surface area (Å²) in [7, 11) is 2.87. The Morgan fingerprint density at radius 1 is 1.08 bits per heavy atom. The Balaban J connectivity index is 2.60. The highest BCUT2D eigenvalue weighted by molar-refractivity contribution is 5.98. The molecular weight excluding hydrogens is 334 g/mol. The summed E-state index contributed by atoms with van der Waals surface area (Å²) in [5, 5.41) is 4.11. The normalized spacial score (nSPS) is 11.0. The van der Waals surface area contributed by atoms with Crippen LogP contribution in [0.2, 0.25) is 0 Å². The third kappa shape index (κ3) is 6.37. The van der Waals surface area contributed by atoms with Crippen molar-refractivity contribution >= 4 is 23.8 Å². The van der Waals surface area contributed by atoms with E-state index in [9.17, 15) is 19.2 Å². The smallest absolute Gasteiger partial charge is 0.326 e. The summed E-state index contributed by atoms with van der Waals surface area (Å²) in [6.07, 6.45) is -1.24. The van der Waals surface area contributed by atoms with E-state index in [1.807, 2.05) is 0 Å². The molecular formula is C15H19N3O7. The third-order valence-electron chi connectivity index (χ3n) is 2.93. The number of esters is 1. The number of hydrogen-bond donors (Lipinski definition) is 3. The highest BCUT2D eigenvalue weighted by Gasteiger charge is 2.19. The van der Waals surface area contributed by atoms with Gasteiger partial charge in [-0.3, -0.25) is 19.7 Å². The maximum absolute atomic E-state index is 12.1. The Morgan fingerprint density at radius 3 is 2.12 bits per heavy atom. The van der Waals surface area contributed by atoms with Gasteiger partial charge in [0.15, 0.2) is 6.10 Å². The van der Waals surface area contributed by atoms with Crippen molar-refractivity contribution in [1.82, 2.24) is 10.6 Å². The van der Waals surface area contributed by atoms with Crippen LogP contribution in [0.25, 0.3) is 0 Å². The van der Waals surface area contributed by atoms with Gasteiger partial charge in [0.25, 0.3) is 11.8 Å². The SMILES string of the molecule is COc1cc(OC)cc(C(=O)NCC(=O)O[C@H](C)C(=O)NC(N)=O)c1. The zero-order valence-corrected chi connectivity index (χ0v) is 14.0. The van der Waals surface area contributed by atoms with E-state index in [0.717, 1.165) is 0 Å². The largest absolute Gasteiger partial charge is 0.497 e. The molecule has 0 heterocycles. The van der Waals surface area contributed by atoms with Gasteiger partial charge in [0.2, 0.25) is 0 Å². The summed E-state index contributed by atoms with van der Waals surface area (Å²) < 4.78 is 14.9. The Morgan fingerprint density at radius 2 is 1.64 bits per heavy atom. The number of benzene rings is 1. The second-order valence-corrected chi connectivity index (χ2v) is 4.77. The molecule has 4 amide bonds. The van der Waals surface area contributed by atoms with Gasteiger partial charge in [-0.05, 0) is 19.1 Å². The second kappa shape index (κ2) is 9.11. The highest BCUT2D eigenvalue weighted by Crippen LogP contribution is 2.22. The minimum absolute atomic E-state index is 0.212. The molecule has 10 nitrogen and oxygen atoms in total. The fourth-order valence-electron chi connectivity index (χ4n) is 1.71. The van der Waals surface area contributed by atoms with E-state index in [0.29, 0.717) is 11.5 Å². The average molecular weight is 353 g/mol. The van der Waals surface area contributed by atoms with Crippen molar-refractivity contribution in [1.29, 1.82) is 0 Å². The molecule has 0 aromatic heterocycles. The van der Waals surface area contributed by atoms with E-state index < -0.39 is 36.5 Å². The number of carbonyl (C=O) groups is 4. The number of methoxy groups -OCH3 is 2. The number of carbonyl (C=O) groups excluding carboxylic acids is 4. The number of imide groups is 1. The fraction of sp³-hybridized carbons (Fsp3) is 0.333. The van der Waals surface area contributed by atoms with Crippen LogP contribution in [0.3, 0.4) is 0 Å². The lowest BCUT2D eigenvalue weighted by Gasteiger charge is -2.13. The maximum Gasteiger partial charge on any atom is 0.326 e. The summed E-state index contributed by atoms with van der Waals surface area (Å²) in [4.78, 5) is 45.7. The predicted molar refractivity (Wildman–Crippen MR) is 85.2 cm³/mol. The average Bonchev–Trinajstić information content (AvgIpc) is 2.58. The summed E-state index contributed by atoms with van der Waals surface area (Å²) in [6, 6.07) is 3.45. The predicted octanol–water partition coefficient (Wildman–Crippen LogP) is -0.440. The summed E-state index contributed by atoms with van der Waals surface area (Å²) in [5.41, 5.74) is 4.99. The molecule has 1 aromatic rings. The van der Waals surface area contributed by atoms with Gasteiger partial charge in [-0.2, -0.15) is 0 Å². The Bertz CT molecular complexity index is 653. The van der Waals surface area contributed by atoms with Gasteiger partial charge in [-0.1, -0.05) is 0 Å². The second-order valence-electron chi connectivity index (χ2n) is 4.77. The number of ether oxygens (including phenoxy) is 3. The van der Waals surface area contributed by atoms with Crippen LogP contribution in [0.1, 0.15) is 17.3 Å². The fourth-order valence-corrected chi connectivity index (χ4v) is 1.71. The van der Waals surface area contributed by atoms with Gasteiger partial charge < -0.3 is 25.3 Å². The van der Waals surface area contributed by atoms with Crippen LogP contribution in [0.5, 0.6) is 11.5 Å². The van der Waals surface area contributed by atoms with Crippen molar-refractivity contribution in [2.24, 2.45) is 5.73 Å². The van der Waals surface area contributed by atoms with E-state index in [1.54, 1.807) is 11.4 Å². The quantitative estimate of drug-likeness (QED) is 0.563. The van der Waals surface area contributed by atoms with Crippen molar-refractivity contribution in [3.63, 3.8) is 0 Å². The lowest BCUT2D eigenvalue weighted by atomic mass is 10.2. The van der Waals surface area contributed by atoms with Crippen LogP contribution >= 0.6 is 0 Å². The van der Waals surface area contributed by atoms with Gasteiger partial charge in [0.1, 0.15) is 18.0 Å². The zero-order chi connectivity index (χ0) is 19.0. The third-order valence-corrected chi connectivity index (χ3v) is 2.93. The molecule has 0 bridgehead atoms. The molecule has 1 atom stereocenters. The zero-order valence-electron chi connectivity index (χ0n) is 14.0. The van der Waals surface area contributed by atoms with Crippen molar-refractivity contribution in [2.75, 3.05) is 20.8 Å². The molecule has 136 valence electrons. The Labute approximate surface area is 143 Å². The number of amides is 4. The molecule has 0 aliphatic rings. The molecule has 0 fully saturated rings. The number of urea groups is 1. The molecule has 4 N–H and O–H groups in total.